The summed E-state index contributed by atoms with van der Waals surface area (Å²) < 4.78 is 0. The Hall–Kier alpha value is -2.70. The molecule has 1 fully saturated rings. The first kappa shape index (κ1) is 18.1. The zero-order valence-corrected chi connectivity index (χ0v) is 14.7. The smallest absolute Gasteiger partial charge is 0.256 e. The van der Waals surface area contributed by atoms with Gasteiger partial charge in [-0.2, -0.15) is 0 Å². The van der Waals surface area contributed by atoms with Crippen LogP contribution >= 0.6 is 0 Å². The number of carbonyl (C=O) groups excluding carboxylic acids is 2. The first-order valence-electron chi connectivity index (χ1n) is 8.89. The van der Waals surface area contributed by atoms with E-state index >= 15 is 0 Å². The fourth-order valence-corrected chi connectivity index (χ4v) is 3.19. The number of hydrogen-bond acceptors (Lipinski definition) is 4. The van der Waals surface area contributed by atoms with Crippen LogP contribution in [0.4, 0.5) is 0 Å². The van der Waals surface area contributed by atoms with Gasteiger partial charge in [-0.05, 0) is 24.0 Å². The van der Waals surface area contributed by atoms with Gasteiger partial charge in [0.15, 0.2) is 0 Å². The Morgan fingerprint density at radius 1 is 1.00 bits per heavy atom. The number of amides is 2. The van der Waals surface area contributed by atoms with Crippen molar-refractivity contribution in [2.24, 2.45) is 0 Å². The molecule has 2 aromatic rings. The molecule has 2 aromatic carbocycles. The van der Waals surface area contributed by atoms with Crippen molar-refractivity contribution < 1.29 is 9.59 Å². The molecule has 3 atom stereocenters. The molecular weight excluding hydrogens is 328 g/mol. The van der Waals surface area contributed by atoms with Crippen LogP contribution in [0.5, 0.6) is 0 Å². The Bertz CT molecular complexity index is 736. The predicted octanol–water partition coefficient (Wildman–Crippen LogP) is 1.94. The number of benzene rings is 2. The Balaban J connectivity index is 1.52. The fraction of sp³-hybridized carbons (Fsp3) is 0.300. The van der Waals surface area contributed by atoms with Crippen molar-refractivity contribution in [3.05, 3.63) is 71.8 Å². The van der Waals surface area contributed by atoms with E-state index in [0.29, 0.717) is 12.8 Å². The van der Waals surface area contributed by atoms with Gasteiger partial charge in [-0.25, -0.2) is 10.9 Å². The van der Waals surface area contributed by atoms with Crippen molar-refractivity contribution in [3.63, 3.8) is 0 Å². The van der Waals surface area contributed by atoms with Crippen molar-refractivity contribution in [2.45, 2.75) is 37.8 Å². The van der Waals surface area contributed by atoms with E-state index in [1.165, 1.54) is 0 Å². The molecule has 6 nitrogen and oxygen atoms in total. The number of hydrazine groups is 2. The van der Waals surface area contributed by atoms with Gasteiger partial charge in [-0.3, -0.25) is 20.4 Å². The molecule has 6 heteroatoms. The Labute approximate surface area is 153 Å². The molecule has 3 rings (SSSR count). The molecule has 1 heterocycles. The van der Waals surface area contributed by atoms with Crippen molar-refractivity contribution >= 4 is 11.8 Å². The topological polar surface area (TPSA) is 82.3 Å². The van der Waals surface area contributed by atoms with Crippen LogP contribution in [-0.2, 0) is 9.59 Å². The van der Waals surface area contributed by atoms with Crippen molar-refractivity contribution in [3.8, 4) is 0 Å². The van der Waals surface area contributed by atoms with E-state index in [4.69, 9.17) is 0 Å². The van der Waals surface area contributed by atoms with Gasteiger partial charge in [0.25, 0.3) is 5.91 Å². The summed E-state index contributed by atoms with van der Waals surface area (Å²) in [6.07, 6.45) is 1.27. The van der Waals surface area contributed by atoms with Crippen LogP contribution < -0.4 is 21.7 Å². The van der Waals surface area contributed by atoms with Gasteiger partial charge in [0, 0.05) is 6.04 Å². The Morgan fingerprint density at radius 2 is 1.65 bits per heavy atom. The lowest BCUT2D eigenvalue weighted by Gasteiger charge is -2.17. The molecular formula is C20H24N4O2. The summed E-state index contributed by atoms with van der Waals surface area (Å²) in [6.45, 7) is 1.95. The SMILES string of the molecule is CCC(C(=O)NNC(=O)C1CC(c2ccccc2)NN1)c1ccccc1. The average Bonchev–Trinajstić information content (AvgIpc) is 3.18. The second kappa shape index (κ2) is 8.60. The van der Waals surface area contributed by atoms with Crippen LogP contribution in [0.1, 0.15) is 42.9 Å². The van der Waals surface area contributed by atoms with Gasteiger partial charge in [0.05, 0.1) is 5.92 Å². The molecule has 1 aliphatic rings. The summed E-state index contributed by atoms with van der Waals surface area (Å²) in [5.74, 6) is -0.756. The van der Waals surface area contributed by atoms with Crippen LogP contribution in [0.15, 0.2) is 60.7 Å². The van der Waals surface area contributed by atoms with Crippen molar-refractivity contribution in [1.82, 2.24) is 21.7 Å². The Morgan fingerprint density at radius 3 is 2.31 bits per heavy atom. The van der Waals surface area contributed by atoms with Gasteiger partial charge in [-0.1, -0.05) is 67.6 Å². The van der Waals surface area contributed by atoms with Gasteiger partial charge in [-0.15, -0.1) is 0 Å². The molecule has 1 aliphatic heterocycles. The molecule has 0 bridgehead atoms. The molecule has 0 radical (unpaired) electrons. The van der Waals surface area contributed by atoms with Crippen LogP contribution in [-0.4, -0.2) is 17.9 Å². The normalized spacial score (nSPS) is 20.3. The minimum atomic E-state index is -0.405. The van der Waals surface area contributed by atoms with E-state index in [1.54, 1.807) is 0 Å². The predicted molar refractivity (Wildman–Crippen MR) is 99.6 cm³/mol. The standard InChI is InChI=1S/C20H24N4O2/c1-2-16(14-9-5-3-6-10-14)19(25)23-24-20(26)18-13-17(21-22-18)15-11-7-4-8-12-15/h3-12,16-18,21-22H,2,13H2,1H3,(H,23,25)(H,24,26). The maximum Gasteiger partial charge on any atom is 0.256 e. The third-order valence-electron chi connectivity index (χ3n) is 4.66. The first-order chi connectivity index (χ1) is 12.7. The van der Waals surface area contributed by atoms with E-state index in [9.17, 15) is 9.59 Å². The molecule has 0 saturated carbocycles. The lowest BCUT2D eigenvalue weighted by atomic mass is 9.96. The molecule has 0 spiro atoms. The highest BCUT2D eigenvalue weighted by Crippen LogP contribution is 2.22. The van der Waals surface area contributed by atoms with Crippen LogP contribution in [0.25, 0.3) is 0 Å². The lowest BCUT2D eigenvalue weighted by Crippen LogP contribution is -2.51. The maximum absolute atomic E-state index is 12.4. The van der Waals surface area contributed by atoms with Crippen molar-refractivity contribution in [1.29, 1.82) is 0 Å². The highest BCUT2D eigenvalue weighted by molar-refractivity contribution is 5.88. The van der Waals surface area contributed by atoms with Crippen LogP contribution in [0.2, 0.25) is 0 Å². The highest BCUT2D eigenvalue weighted by Gasteiger charge is 2.30. The average molecular weight is 352 g/mol. The molecule has 0 aliphatic carbocycles. The quantitative estimate of drug-likeness (QED) is 0.620. The molecule has 1 saturated heterocycles. The molecule has 4 N–H and O–H groups in total. The summed E-state index contributed by atoms with van der Waals surface area (Å²) in [5.41, 5.74) is 13.3. The summed E-state index contributed by atoms with van der Waals surface area (Å²) in [4.78, 5) is 24.8. The third-order valence-corrected chi connectivity index (χ3v) is 4.66. The van der Waals surface area contributed by atoms with Gasteiger partial charge < -0.3 is 0 Å². The van der Waals surface area contributed by atoms with Gasteiger partial charge >= 0.3 is 0 Å². The number of rotatable bonds is 5. The van der Waals surface area contributed by atoms with Crippen molar-refractivity contribution in [2.75, 3.05) is 0 Å². The van der Waals surface area contributed by atoms with E-state index < -0.39 is 6.04 Å². The van der Waals surface area contributed by atoms with E-state index in [0.717, 1.165) is 11.1 Å². The molecule has 2 amide bonds. The van der Waals surface area contributed by atoms with E-state index in [-0.39, 0.29) is 23.8 Å². The summed E-state index contributed by atoms with van der Waals surface area (Å²) >= 11 is 0. The molecule has 136 valence electrons. The second-order valence-corrected chi connectivity index (χ2v) is 6.39. The fourth-order valence-electron chi connectivity index (χ4n) is 3.19. The molecule has 3 unspecified atom stereocenters. The molecule has 26 heavy (non-hydrogen) atoms. The zero-order chi connectivity index (χ0) is 18.4. The minimum absolute atomic E-state index is 0.0651. The van der Waals surface area contributed by atoms with E-state index in [2.05, 4.69) is 21.7 Å². The number of carbonyl (C=O) groups is 2. The number of nitrogens with one attached hydrogen (secondary N) is 4. The third kappa shape index (κ3) is 4.28. The van der Waals surface area contributed by atoms with Gasteiger partial charge in [0.2, 0.25) is 5.91 Å². The zero-order valence-electron chi connectivity index (χ0n) is 14.7. The summed E-state index contributed by atoms with van der Waals surface area (Å²) in [7, 11) is 0. The second-order valence-electron chi connectivity index (χ2n) is 6.39. The molecule has 0 aromatic heterocycles. The summed E-state index contributed by atoms with van der Waals surface area (Å²) in [6, 6.07) is 19.2. The van der Waals surface area contributed by atoms with E-state index in [1.807, 2.05) is 67.6 Å². The lowest BCUT2D eigenvalue weighted by molar-refractivity contribution is -0.130. The Kier molecular flexibility index (Phi) is 5.99. The highest BCUT2D eigenvalue weighted by atomic mass is 16.2. The van der Waals surface area contributed by atoms with Gasteiger partial charge in [0.1, 0.15) is 6.04 Å². The van der Waals surface area contributed by atoms with Crippen LogP contribution in [0, 0.1) is 0 Å². The number of hydrogen-bond donors (Lipinski definition) is 4. The maximum atomic E-state index is 12.4. The summed E-state index contributed by atoms with van der Waals surface area (Å²) in [5, 5.41) is 0. The van der Waals surface area contributed by atoms with Crippen LogP contribution in [0.3, 0.4) is 0 Å². The monoisotopic (exact) mass is 352 g/mol. The largest absolute Gasteiger partial charge is 0.273 e. The minimum Gasteiger partial charge on any atom is -0.273 e. The first-order valence-corrected chi connectivity index (χ1v) is 8.89.